The van der Waals surface area contributed by atoms with Crippen LogP contribution in [0.3, 0.4) is 0 Å². The second kappa shape index (κ2) is 12.2. The normalized spacial score (nSPS) is 13.7. The molecule has 0 saturated heterocycles. The maximum atomic E-state index is 8.97. The van der Waals surface area contributed by atoms with Crippen LogP contribution < -0.4 is 10.6 Å². The fourth-order valence-electron chi connectivity index (χ4n) is 1.31. The molecule has 0 aromatic heterocycles. The van der Waals surface area contributed by atoms with Gasteiger partial charge >= 0.3 is 0 Å². The van der Waals surface area contributed by atoms with Crippen LogP contribution in [0.15, 0.2) is 4.99 Å². The van der Waals surface area contributed by atoms with Gasteiger partial charge in [0.15, 0.2) is 5.96 Å². The summed E-state index contributed by atoms with van der Waals surface area (Å²) in [4.78, 5) is 4.41. The van der Waals surface area contributed by atoms with Gasteiger partial charge < -0.3 is 20.5 Å². The van der Waals surface area contributed by atoms with Crippen molar-refractivity contribution in [1.82, 2.24) is 10.6 Å². The van der Waals surface area contributed by atoms with Crippen molar-refractivity contribution in [2.75, 3.05) is 39.5 Å². The third kappa shape index (κ3) is 12.0. The summed E-state index contributed by atoms with van der Waals surface area (Å²) in [7, 11) is 0. The van der Waals surface area contributed by atoms with E-state index < -0.39 is 0 Å². The highest BCUT2D eigenvalue weighted by Gasteiger charge is 2.01. The average Bonchev–Trinajstić information content (AvgIpc) is 2.38. The molecule has 0 spiro atoms. The number of nitrogens with one attached hydrogen (secondary N) is 2. The third-order valence-electron chi connectivity index (χ3n) is 2.60. The van der Waals surface area contributed by atoms with Crippen LogP contribution >= 0.6 is 0 Å². The van der Waals surface area contributed by atoms with E-state index in [1.165, 1.54) is 0 Å². The molecule has 0 fully saturated rings. The summed E-state index contributed by atoms with van der Waals surface area (Å²) in [5, 5.41) is 15.4. The van der Waals surface area contributed by atoms with Gasteiger partial charge in [0.1, 0.15) is 0 Å². The molecule has 0 bridgehead atoms. The van der Waals surface area contributed by atoms with Gasteiger partial charge in [0.05, 0.1) is 6.61 Å². The molecule has 114 valence electrons. The van der Waals surface area contributed by atoms with E-state index in [0.717, 1.165) is 32.1 Å². The minimum Gasteiger partial charge on any atom is -0.396 e. The number of nitrogens with zero attached hydrogens (tertiary/aromatic N) is 1. The van der Waals surface area contributed by atoms with Crippen molar-refractivity contribution >= 4 is 5.96 Å². The molecule has 0 aliphatic heterocycles. The Kier molecular flexibility index (Phi) is 11.7. The molecule has 1 unspecified atom stereocenters. The van der Waals surface area contributed by atoms with E-state index >= 15 is 0 Å². The molecule has 5 heteroatoms. The number of aliphatic hydroxyl groups is 1. The van der Waals surface area contributed by atoms with Gasteiger partial charge in [0.2, 0.25) is 0 Å². The van der Waals surface area contributed by atoms with Crippen molar-refractivity contribution in [2.45, 2.75) is 34.1 Å². The molecule has 5 nitrogen and oxygen atoms in total. The van der Waals surface area contributed by atoms with E-state index in [1.807, 2.05) is 13.8 Å². The van der Waals surface area contributed by atoms with Gasteiger partial charge in [-0.2, -0.15) is 0 Å². The fraction of sp³-hybridized carbons (Fsp3) is 0.929. The van der Waals surface area contributed by atoms with Crippen molar-refractivity contribution < 1.29 is 9.84 Å². The molecular weight excluding hydrogens is 242 g/mol. The molecule has 3 N–H and O–H groups in total. The van der Waals surface area contributed by atoms with E-state index in [4.69, 9.17) is 9.84 Å². The van der Waals surface area contributed by atoms with Gasteiger partial charge in [-0.15, -0.1) is 0 Å². The molecule has 0 rings (SSSR count). The van der Waals surface area contributed by atoms with Crippen LogP contribution in [0.25, 0.3) is 0 Å². The molecule has 0 heterocycles. The van der Waals surface area contributed by atoms with Crippen LogP contribution in [0.1, 0.15) is 34.1 Å². The third-order valence-corrected chi connectivity index (χ3v) is 2.60. The fourth-order valence-corrected chi connectivity index (χ4v) is 1.31. The maximum Gasteiger partial charge on any atom is 0.191 e. The molecule has 19 heavy (non-hydrogen) atoms. The number of hydrogen-bond acceptors (Lipinski definition) is 3. The Labute approximate surface area is 117 Å². The predicted octanol–water partition coefficient (Wildman–Crippen LogP) is 1.23. The van der Waals surface area contributed by atoms with Gasteiger partial charge in [-0.05, 0) is 25.2 Å². The van der Waals surface area contributed by atoms with Crippen molar-refractivity contribution in [1.29, 1.82) is 0 Å². The van der Waals surface area contributed by atoms with E-state index in [0.29, 0.717) is 19.1 Å². The molecule has 0 aliphatic carbocycles. The number of ether oxygens (including phenoxy) is 1. The molecule has 0 aromatic carbocycles. The van der Waals surface area contributed by atoms with Crippen molar-refractivity contribution in [3.05, 3.63) is 0 Å². The summed E-state index contributed by atoms with van der Waals surface area (Å²) in [6.07, 6.45) is 1.10. The second-order valence-electron chi connectivity index (χ2n) is 5.23. The summed E-state index contributed by atoms with van der Waals surface area (Å²) >= 11 is 0. The molecule has 0 aromatic rings. The molecular formula is C14H31N3O2. The molecule has 0 radical (unpaired) electrons. The lowest BCUT2D eigenvalue weighted by Gasteiger charge is -2.13. The number of aliphatic imine (C=N–C) groups is 1. The summed E-state index contributed by atoms with van der Waals surface area (Å²) in [5.74, 6) is 1.67. The van der Waals surface area contributed by atoms with Crippen molar-refractivity contribution in [2.24, 2.45) is 16.8 Å². The zero-order valence-corrected chi connectivity index (χ0v) is 12.9. The van der Waals surface area contributed by atoms with Crippen LogP contribution in [-0.4, -0.2) is 50.5 Å². The highest BCUT2D eigenvalue weighted by molar-refractivity contribution is 5.79. The van der Waals surface area contributed by atoms with Crippen LogP contribution in [0.5, 0.6) is 0 Å². The van der Waals surface area contributed by atoms with E-state index in [1.54, 1.807) is 0 Å². The molecule has 0 amide bonds. The SMILES string of the molecule is CCNC(=NCC(C)CO)NCCOCCC(C)C. The van der Waals surface area contributed by atoms with Gasteiger partial charge in [-0.25, -0.2) is 0 Å². The highest BCUT2D eigenvalue weighted by Crippen LogP contribution is 1.98. The smallest absolute Gasteiger partial charge is 0.191 e. The van der Waals surface area contributed by atoms with Crippen molar-refractivity contribution in [3.63, 3.8) is 0 Å². The minimum atomic E-state index is 0.168. The van der Waals surface area contributed by atoms with Crippen LogP contribution in [0.4, 0.5) is 0 Å². The summed E-state index contributed by atoms with van der Waals surface area (Å²) < 4.78 is 5.53. The van der Waals surface area contributed by atoms with Crippen LogP contribution in [-0.2, 0) is 4.74 Å². The number of hydrogen-bond donors (Lipinski definition) is 3. The number of rotatable bonds is 10. The minimum absolute atomic E-state index is 0.168. The predicted molar refractivity (Wildman–Crippen MR) is 80.5 cm³/mol. The summed E-state index contributed by atoms with van der Waals surface area (Å²) in [5.41, 5.74) is 0. The van der Waals surface area contributed by atoms with Gasteiger partial charge in [0.25, 0.3) is 0 Å². The maximum absolute atomic E-state index is 8.97. The number of guanidine groups is 1. The lowest BCUT2D eigenvalue weighted by molar-refractivity contribution is 0.128. The zero-order chi connectivity index (χ0) is 14.5. The van der Waals surface area contributed by atoms with Crippen LogP contribution in [0, 0.1) is 11.8 Å². The Bertz CT molecular complexity index is 233. The Hall–Kier alpha value is -0.810. The first-order valence-corrected chi connectivity index (χ1v) is 7.30. The lowest BCUT2D eigenvalue weighted by Crippen LogP contribution is -2.39. The van der Waals surface area contributed by atoms with E-state index in [9.17, 15) is 0 Å². The first-order chi connectivity index (χ1) is 9.10. The van der Waals surface area contributed by atoms with E-state index in [2.05, 4.69) is 29.5 Å². The average molecular weight is 273 g/mol. The summed E-state index contributed by atoms with van der Waals surface area (Å²) in [6, 6.07) is 0. The van der Waals surface area contributed by atoms with Crippen molar-refractivity contribution in [3.8, 4) is 0 Å². The highest BCUT2D eigenvalue weighted by atomic mass is 16.5. The van der Waals surface area contributed by atoms with Crippen LogP contribution in [0.2, 0.25) is 0 Å². The quantitative estimate of drug-likeness (QED) is 0.318. The van der Waals surface area contributed by atoms with Gasteiger partial charge in [-0.1, -0.05) is 20.8 Å². The topological polar surface area (TPSA) is 65.9 Å². The number of aliphatic hydroxyl groups excluding tert-OH is 1. The first-order valence-electron chi connectivity index (χ1n) is 7.30. The van der Waals surface area contributed by atoms with Gasteiger partial charge in [0, 0.05) is 32.8 Å². The first kappa shape index (κ1) is 18.2. The summed E-state index contributed by atoms with van der Waals surface area (Å²) in [6.45, 7) is 12.3. The monoisotopic (exact) mass is 273 g/mol. The Morgan fingerprint density at radius 2 is 1.95 bits per heavy atom. The Balaban J connectivity index is 3.75. The molecule has 0 aliphatic rings. The standard InChI is InChI=1S/C14H31N3O2/c1-5-15-14(17-10-13(4)11-18)16-7-9-19-8-6-12(2)3/h12-13,18H,5-11H2,1-4H3,(H2,15,16,17). The molecule has 1 atom stereocenters. The second-order valence-corrected chi connectivity index (χ2v) is 5.23. The zero-order valence-electron chi connectivity index (χ0n) is 12.9. The lowest BCUT2D eigenvalue weighted by atomic mass is 10.1. The van der Waals surface area contributed by atoms with Gasteiger partial charge in [-0.3, -0.25) is 4.99 Å². The Morgan fingerprint density at radius 1 is 1.21 bits per heavy atom. The molecule has 0 saturated carbocycles. The largest absolute Gasteiger partial charge is 0.396 e. The van der Waals surface area contributed by atoms with E-state index in [-0.39, 0.29) is 12.5 Å². The Morgan fingerprint density at radius 3 is 2.53 bits per heavy atom.